The summed E-state index contributed by atoms with van der Waals surface area (Å²) in [6, 6.07) is 11.9. The Balaban J connectivity index is 1.57. The number of amides is 1. The third-order valence-electron chi connectivity index (χ3n) is 4.83. The van der Waals surface area contributed by atoms with Gasteiger partial charge in [-0.15, -0.1) is 0 Å². The van der Waals surface area contributed by atoms with Gasteiger partial charge in [0.2, 0.25) is 5.76 Å². The predicted octanol–water partition coefficient (Wildman–Crippen LogP) is 2.26. The van der Waals surface area contributed by atoms with Crippen LogP contribution in [0, 0.1) is 0 Å². The summed E-state index contributed by atoms with van der Waals surface area (Å²) in [5.41, 5.74) is 1.62. The summed E-state index contributed by atoms with van der Waals surface area (Å²) in [5, 5.41) is 13.0. The molecule has 0 bridgehead atoms. The molecule has 1 saturated heterocycles. The third-order valence-corrected chi connectivity index (χ3v) is 4.83. The Morgan fingerprint density at radius 2 is 2.04 bits per heavy atom. The molecule has 0 atom stereocenters. The molecule has 0 radical (unpaired) electrons. The zero-order valence-electron chi connectivity index (χ0n) is 14.6. The fraction of sp³-hybridized carbons (Fsp3) is 0.474. The third kappa shape index (κ3) is 4.27. The van der Waals surface area contributed by atoms with E-state index in [1.54, 1.807) is 6.07 Å². The van der Waals surface area contributed by atoms with E-state index in [0.717, 1.165) is 31.4 Å². The van der Waals surface area contributed by atoms with Crippen LogP contribution in [0.15, 0.2) is 40.9 Å². The fourth-order valence-corrected chi connectivity index (χ4v) is 3.29. The number of benzene rings is 1. The molecule has 0 spiro atoms. The van der Waals surface area contributed by atoms with Crippen molar-refractivity contribution >= 4 is 5.91 Å². The second-order valence-corrected chi connectivity index (χ2v) is 6.52. The fourth-order valence-electron chi connectivity index (χ4n) is 3.29. The van der Waals surface area contributed by atoms with Gasteiger partial charge < -0.3 is 19.4 Å². The summed E-state index contributed by atoms with van der Waals surface area (Å²) in [4.78, 5) is 16.8. The maximum absolute atomic E-state index is 12.6. The van der Waals surface area contributed by atoms with E-state index in [4.69, 9.17) is 9.63 Å². The molecule has 25 heavy (non-hydrogen) atoms. The molecule has 0 aliphatic carbocycles. The van der Waals surface area contributed by atoms with Crippen LogP contribution in [0.2, 0.25) is 0 Å². The summed E-state index contributed by atoms with van der Waals surface area (Å²) in [6.07, 6.45) is 2.66. The summed E-state index contributed by atoms with van der Waals surface area (Å²) in [6.45, 7) is 2.54. The number of aliphatic hydroxyl groups excluding tert-OH is 1. The van der Waals surface area contributed by atoms with Crippen molar-refractivity contribution in [2.24, 2.45) is 0 Å². The largest absolute Gasteiger partial charge is 0.396 e. The molecule has 1 N–H and O–H groups in total. The number of likely N-dealkylation sites (tertiary alicyclic amines) is 1. The van der Waals surface area contributed by atoms with Crippen LogP contribution in [-0.2, 0) is 0 Å². The van der Waals surface area contributed by atoms with Crippen molar-refractivity contribution in [3.05, 3.63) is 42.2 Å². The molecule has 6 nitrogen and oxygen atoms in total. The highest BCUT2D eigenvalue weighted by molar-refractivity contribution is 5.92. The Hall–Kier alpha value is -2.18. The van der Waals surface area contributed by atoms with E-state index < -0.39 is 0 Å². The molecule has 134 valence electrons. The SMILES string of the molecule is CN(CCCO)C1CCN(C(=O)c2cc(-c3ccccc3)no2)CC1. The first-order chi connectivity index (χ1) is 12.2. The molecule has 0 saturated carbocycles. The van der Waals surface area contributed by atoms with Crippen LogP contribution in [0.1, 0.15) is 29.8 Å². The van der Waals surface area contributed by atoms with E-state index in [2.05, 4.69) is 17.1 Å². The number of carbonyl (C=O) groups excluding carboxylic acids is 1. The van der Waals surface area contributed by atoms with E-state index in [-0.39, 0.29) is 12.5 Å². The second-order valence-electron chi connectivity index (χ2n) is 6.52. The number of hydrogen-bond donors (Lipinski definition) is 1. The molecule has 2 heterocycles. The van der Waals surface area contributed by atoms with Gasteiger partial charge >= 0.3 is 0 Å². The molecule has 1 amide bonds. The van der Waals surface area contributed by atoms with E-state index in [1.165, 1.54) is 0 Å². The maximum atomic E-state index is 12.6. The van der Waals surface area contributed by atoms with E-state index in [9.17, 15) is 4.79 Å². The lowest BCUT2D eigenvalue weighted by molar-refractivity contribution is 0.0602. The summed E-state index contributed by atoms with van der Waals surface area (Å²) in [5.74, 6) is 0.206. The van der Waals surface area contributed by atoms with Gasteiger partial charge in [-0.1, -0.05) is 35.5 Å². The zero-order valence-corrected chi connectivity index (χ0v) is 14.6. The number of rotatable bonds is 6. The number of piperidine rings is 1. The highest BCUT2D eigenvalue weighted by Gasteiger charge is 2.27. The van der Waals surface area contributed by atoms with Gasteiger partial charge in [-0.2, -0.15) is 0 Å². The van der Waals surface area contributed by atoms with Crippen molar-refractivity contribution in [3.8, 4) is 11.3 Å². The molecule has 3 rings (SSSR count). The van der Waals surface area contributed by atoms with Crippen molar-refractivity contribution in [3.63, 3.8) is 0 Å². The van der Waals surface area contributed by atoms with Gasteiger partial charge in [-0.05, 0) is 26.3 Å². The van der Waals surface area contributed by atoms with Crippen LogP contribution in [0.25, 0.3) is 11.3 Å². The second kappa shape index (κ2) is 8.27. The van der Waals surface area contributed by atoms with Crippen molar-refractivity contribution in [1.82, 2.24) is 15.0 Å². The van der Waals surface area contributed by atoms with Gasteiger partial charge in [0.15, 0.2) is 0 Å². The number of nitrogens with zero attached hydrogens (tertiary/aromatic N) is 3. The van der Waals surface area contributed by atoms with Gasteiger partial charge in [0.05, 0.1) is 0 Å². The lowest BCUT2D eigenvalue weighted by atomic mass is 10.0. The minimum Gasteiger partial charge on any atom is -0.396 e. The quantitative estimate of drug-likeness (QED) is 0.871. The first-order valence-corrected chi connectivity index (χ1v) is 8.81. The van der Waals surface area contributed by atoms with Crippen molar-refractivity contribution in [2.75, 3.05) is 33.3 Å². The summed E-state index contributed by atoms with van der Waals surface area (Å²) < 4.78 is 5.28. The van der Waals surface area contributed by atoms with E-state index in [0.29, 0.717) is 30.6 Å². The summed E-state index contributed by atoms with van der Waals surface area (Å²) in [7, 11) is 2.08. The number of aromatic nitrogens is 1. The molecule has 1 aromatic heterocycles. The average molecular weight is 343 g/mol. The van der Waals surface area contributed by atoms with Crippen molar-refractivity contribution in [2.45, 2.75) is 25.3 Å². The van der Waals surface area contributed by atoms with Crippen molar-refractivity contribution in [1.29, 1.82) is 0 Å². The molecule has 1 aliphatic heterocycles. The molecular weight excluding hydrogens is 318 g/mol. The molecule has 6 heteroatoms. The zero-order chi connectivity index (χ0) is 17.6. The molecule has 0 unspecified atom stereocenters. The first kappa shape index (κ1) is 17.6. The lowest BCUT2D eigenvalue weighted by Gasteiger charge is -2.36. The van der Waals surface area contributed by atoms with Crippen molar-refractivity contribution < 1.29 is 14.4 Å². The average Bonchev–Trinajstić information content (AvgIpc) is 3.16. The minimum absolute atomic E-state index is 0.0915. The molecule has 1 aliphatic rings. The highest BCUT2D eigenvalue weighted by Crippen LogP contribution is 2.22. The van der Waals surface area contributed by atoms with Crippen LogP contribution in [0.3, 0.4) is 0 Å². The highest BCUT2D eigenvalue weighted by atomic mass is 16.5. The number of carbonyl (C=O) groups is 1. The molecule has 2 aromatic rings. The minimum atomic E-state index is -0.0915. The molecule has 1 fully saturated rings. The Morgan fingerprint density at radius 3 is 2.72 bits per heavy atom. The normalized spacial score (nSPS) is 15.7. The van der Waals surface area contributed by atoms with Gasteiger partial charge in [0, 0.05) is 43.9 Å². The van der Waals surface area contributed by atoms with Crippen LogP contribution >= 0.6 is 0 Å². The van der Waals surface area contributed by atoms with Crippen LogP contribution in [0.5, 0.6) is 0 Å². The van der Waals surface area contributed by atoms with Crippen LogP contribution < -0.4 is 0 Å². The van der Waals surface area contributed by atoms with E-state index >= 15 is 0 Å². The summed E-state index contributed by atoms with van der Waals surface area (Å²) >= 11 is 0. The number of hydrogen-bond acceptors (Lipinski definition) is 5. The number of aliphatic hydroxyl groups is 1. The Morgan fingerprint density at radius 1 is 1.32 bits per heavy atom. The Bertz CT molecular complexity index is 678. The van der Waals surface area contributed by atoms with E-state index in [1.807, 2.05) is 35.2 Å². The smallest absolute Gasteiger partial charge is 0.292 e. The molecule has 1 aromatic carbocycles. The monoisotopic (exact) mass is 343 g/mol. The lowest BCUT2D eigenvalue weighted by Crippen LogP contribution is -2.45. The Labute approximate surface area is 148 Å². The van der Waals surface area contributed by atoms with Gasteiger partial charge in [0.1, 0.15) is 5.69 Å². The standard InChI is InChI=1S/C19H25N3O3/c1-21(10-5-13-23)16-8-11-22(12-9-16)19(24)18-14-17(20-25-18)15-6-3-2-4-7-15/h2-4,6-7,14,16,23H,5,8-13H2,1H3. The Kier molecular flexibility index (Phi) is 5.83. The van der Waals surface area contributed by atoms with Crippen LogP contribution in [0.4, 0.5) is 0 Å². The first-order valence-electron chi connectivity index (χ1n) is 8.81. The topological polar surface area (TPSA) is 69.8 Å². The molecular formula is C19H25N3O3. The predicted molar refractivity (Wildman–Crippen MR) is 95.2 cm³/mol. The van der Waals surface area contributed by atoms with Gasteiger partial charge in [-0.25, -0.2) is 0 Å². The van der Waals surface area contributed by atoms with Gasteiger partial charge in [-0.3, -0.25) is 4.79 Å². The van der Waals surface area contributed by atoms with Crippen LogP contribution in [-0.4, -0.2) is 65.3 Å². The van der Waals surface area contributed by atoms with Gasteiger partial charge in [0.25, 0.3) is 5.91 Å². The maximum Gasteiger partial charge on any atom is 0.292 e.